The van der Waals surface area contributed by atoms with Crippen molar-refractivity contribution in [3.63, 3.8) is 0 Å². The monoisotopic (exact) mass is 445 g/mol. The number of ether oxygens (including phenoxy) is 2. The number of methoxy groups -OCH3 is 1. The summed E-state index contributed by atoms with van der Waals surface area (Å²) in [6.07, 6.45) is 4.47. The lowest BCUT2D eigenvalue weighted by molar-refractivity contribution is 0.102. The average Bonchev–Trinajstić information content (AvgIpc) is 3.14. The fourth-order valence-electron chi connectivity index (χ4n) is 2.85. The van der Waals surface area contributed by atoms with Crippen LogP contribution in [-0.2, 0) is 0 Å². The normalized spacial score (nSPS) is 10.8. The molecule has 0 fully saturated rings. The van der Waals surface area contributed by atoms with Gasteiger partial charge in [-0.25, -0.2) is 0 Å². The van der Waals surface area contributed by atoms with Crippen LogP contribution in [-0.4, -0.2) is 29.2 Å². The van der Waals surface area contributed by atoms with Gasteiger partial charge in [0.1, 0.15) is 0 Å². The molecule has 0 bridgehead atoms. The van der Waals surface area contributed by atoms with Gasteiger partial charge in [0.05, 0.1) is 18.7 Å². The first-order valence-corrected chi connectivity index (χ1v) is 10.4. The molecule has 0 saturated carbocycles. The summed E-state index contributed by atoms with van der Waals surface area (Å²) in [5.74, 6) is 1.07. The molecule has 0 aliphatic carbocycles. The number of carbonyl (C=O) groups is 1. The van der Waals surface area contributed by atoms with E-state index >= 15 is 0 Å². The van der Waals surface area contributed by atoms with Crippen LogP contribution in [0.1, 0.15) is 30.6 Å². The standard InChI is InChI=1S/C22H24ClN3O3S/c1-14(2)7-10-29-20-18(23)11-15(12-19(20)28-3)21(27)25-16-5-4-6-17(13-16)26-9-8-24-22(26)30/h4-6,8-9,11-14H,7,10H2,1-3H3,(H,24,30)(H,25,27). The van der Waals surface area contributed by atoms with E-state index in [1.54, 1.807) is 24.4 Å². The second kappa shape index (κ2) is 9.82. The number of rotatable bonds is 8. The number of hydrogen-bond acceptors (Lipinski definition) is 4. The maximum absolute atomic E-state index is 12.8. The van der Waals surface area contributed by atoms with Gasteiger partial charge in [0, 0.05) is 29.3 Å². The maximum atomic E-state index is 12.8. The molecule has 3 aromatic rings. The molecule has 3 rings (SSSR count). The summed E-state index contributed by atoms with van der Waals surface area (Å²) in [6, 6.07) is 10.6. The third-order valence-corrected chi connectivity index (χ3v) is 5.06. The Hall–Kier alpha value is -2.77. The Labute approximate surface area is 185 Å². The van der Waals surface area contributed by atoms with Gasteiger partial charge in [0.25, 0.3) is 5.91 Å². The van der Waals surface area contributed by atoms with Crippen LogP contribution in [0, 0.1) is 10.7 Å². The van der Waals surface area contributed by atoms with Crippen LogP contribution in [0.5, 0.6) is 11.5 Å². The van der Waals surface area contributed by atoms with E-state index in [0.29, 0.717) is 45.1 Å². The minimum absolute atomic E-state index is 0.307. The van der Waals surface area contributed by atoms with Crippen molar-refractivity contribution in [1.29, 1.82) is 0 Å². The predicted molar refractivity (Wildman–Crippen MR) is 122 cm³/mol. The Kier molecular flexibility index (Phi) is 7.18. The smallest absolute Gasteiger partial charge is 0.255 e. The van der Waals surface area contributed by atoms with Crippen LogP contribution in [0.2, 0.25) is 5.02 Å². The topological polar surface area (TPSA) is 68.3 Å². The lowest BCUT2D eigenvalue weighted by Crippen LogP contribution is -2.13. The Morgan fingerprint density at radius 3 is 2.77 bits per heavy atom. The molecule has 0 atom stereocenters. The van der Waals surface area contributed by atoms with E-state index in [1.165, 1.54) is 7.11 Å². The molecule has 0 aliphatic rings. The van der Waals surface area contributed by atoms with Crippen molar-refractivity contribution < 1.29 is 14.3 Å². The van der Waals surface area contributed by atoms with E-state index in [-0.39, 0.29) is 5.91 Å². The van der Waals surface area contributed by atoms with Crippen LogP contribution >= 0.6 is 23.8 Å². The van der Waals surface area contributed by atoms with Gasteiger partial charge in [-0.15, -0.1) is 0 Å². The molecule has 1 aromatic heterocycles. The maximum Gasteiger partial charge on any atom is 0.255 e. The number of H-pyrrole nitrogens is 1. The second-order valence-electron chi connectivity index (χ2n) is 7.16. The molecule has 0 saturated heterocycles. The first-order valence-electron chi connectivity index (χ1n) is 9.57. The molecular weight excluding hydrogens is 422 g/mol. The van der Waals surface area contributed by atoms with Gasteiger partial charge in [-0.1, -0.05) is 31.5 Å². The van der Waals surface area contributed by atoms with Crippen LogP contribution in [0.25, 0.3) is 5.69 Å². The highest BCUT2D eigenvalue weighted by molar-refractivity contribution is 7.71. The number of halogens is 1. The van der Waals surface area contributed by atoms with Crippen molar-refractivity contribution in [2.24, 2.45) is 5.92 Å². The summed E-state index contributed by atoms with van der Waals surface area (Å²) in [5.41, 5.74) is 1.84. The first-order chi connectivity index (χ1) is 14.4. The van der Waals surface area contributed by atoms with E-state index in [4.69, 9.17) is 33.3 Å². The molecule has 1 amide bonds. The number of amides is 1. The molecule has 30 heavy (non-hydrogen) atoms. The Morgan fingerprint density at radius 1 is 1.30 bits per heavy atom. The lowest BCUT2D eigenvalue weighted by atomic mass is 10.1. The van der Waals surface area contributed by atoms with Crippen molar-refractivity contribution in [1.82, 2.24) is 9.55 Å². The molecule has 0 unspecified atom stereocenters. The molecule has 0 radical (unpaired) electrons. The van der Waals surface area contributed by atoms with Gasteiger partial charge >= 0.3 is 0 Å². The van der Waals surface area contributed by atoms with E-state index in [9.17, 15) is 4.79 Å². The summed E-state index contributed by atoms with van der Waals surface area (Å²) in [5, 5.41) is 3.21. The molecule has 8 heteroatoms. The van der Waals surface area contributed by atoms with Crippen molar-refractivity contribution in [3.8, 4) is 17.2 Å². The largest absolute Gasteiger partial charge is 0.493 e. The number of nitrogens with one attached hydrogen (secondary N) is 2. The summed E-state index contributed by atoms with van der Waals surface area (Å²) in [7, 11) is 1.52. The van der Waals surface area contributed by atoms with E-state index < -0.39 is 0 Å². The van der Waals surface area contributed by atoms with Crippen molar-refractivity contribution in [3.05, 3.63) is 64.1 Å². The van der Waals surface area contributed by atoms with E-state index in [0.717, 1.165) is 12.1 Å². The second-order valence-corrected chi connectivity index (χ2v) is 7.95. The van der Waals surface area contributed by atoms with Crippen molar-refractivity contribution in [2.45, 2.75) is 20.3 Å². The molecule has 6 nitrogen and oxygen atoms in total. The van der Waals surface area contributed by atoms with Gasteiger partial charge < -0.3 is 19.8 Å². The number of hydrogen-bond donors (Lipinski definition) is 2. The van der Waals surface area contributed by atoms with Gasteiger partial charge in [-0.3, -0.25) is 9.36 Å². The molecule has 2 aromatic carbocycles. The summed E-state index contributed by atoms with van der Waals surface area (Å²) < 4.78 is 13.6. The van der Waals surface area contributed by atoms with Gasteiger partial charge in [-0.2, -0.15) is 0 Å². The summed E-state index contributed by atoms with van der Waals surface area (Å²) in [6.45, 7) is 4.76. The van der Waals surface area contributed by atoms with Crippen LogP contribution < -0.4 is 14.8 Å². The average molecular weight is 446 g/mol. The number of carbonyl (C=O) groups excluding carboxylic acids is 1. The predicted octanol–water partition coefficient (Wildman–Crippen LogP) is 5.87. The van der Waals surface area contributed by atoms with Gasteiger partial charge in [-0.05, 0) is 54.9 Å². The third-order valence-electron chi connectivity index (χ3n) is 4.46. The zero-order valence-corrected chi connectivity index (χ0v) is 18.6. The Balaban J connectivity index is 1.79. The van der Waals surface area contributed by atoms with E-state index in [2.05, 4.69) is 24.1 Å². The van der Waals surface area contributed by atoms with Crippen molar-refractivity contribution >= 4 is 35.4 Å². The first kappa shape index (κ1) is 21.9. The Bertz CT molecular complexity index is 1090. The fraction of sp³-hybridized carbons (Fsp3) is 0.273. The van der Waals surface area contributed by atoms with Crippen molar-refractivity contribution in [2.75, 3.05) is 19.0 Å². The minimum atomic E-state index is -0.307. The highest BCUT2D eigenvalue weighted by Gasteiger charge is 2.16. The molecular formula is C22H24ClN3O3S. The zero-order valence-electron chi connectivity index (χ0n) is 17.1. The molecule has 158 valence electrons. The van der Waals surface area contributed by atoms with Crippen LogP contribution in [0.3, 0.4) is 0 Å². The minimum Gasteiger partial charge on any atom is -0.493 e. The fourth-order valence-corrected chi connectivity index (χ4v) is 3.35. The quantitative estimate of drug-likeness (QED) is 0.425. The molecule has 1 heterocycles. The number of anilines is 1. The summed E-state index contributed by atoms with van der Waals surface area (Å²) in [4.78, 5) is 15.8. The highest BCUT2D eigenvalue weighted by Crippen LogP contribution is 2.37. The lowest BCUT2D eigenvalue weighted by Gasteiger charge is -2.15. The number of imidazole rings is 1. The Morgan fingerprint density at radius 2 is 2.10 bits per heavy atom. The highest BCUT2D eigenvalue weighted by atomic mass is 35.5. The van der Waals surface area contributed by atoms with Gasteiger partial charge in [0.2, 0.25) is 0 Å². The molecule has 0 aliphatic heterocycles. The van der Waals surface area contributed by atoms with Crippen LogP contribution in [0.4, 0.5) is 5.69 Å². The third kappa shape index (κ3) is 5.23. The van der Waals surface area contributed by atoms with E-state index in [1.807, 2.05) is 29.0 Å². The number of aromatic nitrogens is 2. The zero-order chi connectivity index (χ0) is 21.7. The molecule has 0 spiro atoms. The number of nitrogens with zero attached hydrogens (tertiary/aromatic N) is 1. The summed E-state index contributed by atoms with van der Waals surface area (Å²) >= 11 is 11.6. The van der Waals surface area contributed by atoms with Gasteiger partial charge in [0.15, 0.2) is 16.3 Å². The number of benzene rings is 2. The SMILES string of the molecule is COc1cc(C(=O)Nc2cccc(-n3cc[nH]c3=S)c2)cc(Cl)c1OCCC(C)C. The van der Waals surface area contributed by atoms with Crippen LogP contribution in [0.15, 0.2) is 48.8 Å². The number of aromatic amines is 1. The molecule has 2 N–H and O–H groups in total.